The number of thioether (sulfide) groups is 1. The number of aromatic carboxylic acids is 1. The fourth-order valence-corrected chi connectivity index (χ4v) is 4.56. The van der Waals surface area contributed by atoms with Crippen LogP contribution in [-0.4, -0.2) is 34.0 Å². The van der Waals surface area contributed by atoms with Crippen LogP contribution in [0.4, 0.5) is 11.4 Å². The highest BCUT2D eigenvalue weighted by Crippen LogP contribution is 2.34. The van der Waals surface area contributed by atoms with Crippen LogP contribution in [0.25, 0.3) is 0 Å². The molecule has 0 radical (unpaired) electrons. The predicted octanol–water partition coefficient (Wildman–Crippen LogP) is 4.37. The monoisotopic (exact) mass is 460 g/mol. The highest BCUT2D eigenvalue weighted by molar-refractivity contribution is 8.00. The molecule has 0 aliphatic carbocycles. The van der Waals surface area contributed by atoms with Gasteiger partial charge in [-0.3, -0.25) is 14.4 Å². The molecular weight excluding hydrogens is 440 g/mol. The molecular formula is C25H20N2O5S. The van der Waals surface area contributed by atoms with Gasteiger partial charge in [-0.15, -0.1) is 11.8 Å². The smallest absolute Gasteiger partial charge is 0.336 e. The van der Waals surface area contributed by atoms with E-state index in [1.807, 2.05) is 19.1 Å². The third kappa shape index (κ3) is 4.80. The number of hydrogen-bond donors (Lipinski definition) is 2. The summed E-state index contributed by atoms with van der Waals surface area (Å²) in [4.78, 5) is 51.1. The molecule has 1 unspecified atom stereocenters. The van der Waals surface area contributed by atoms with Crippen LogP contribution in [0.2, 0.25) is 0 Å². The first kappa shape index (κ1) is 22.3. The zero-order valence-corrected chi connectivity index (χ0v) is 18.5. The molecule has 8 heteroatoms. The van der Waals surface area contributed by atoms with Gasteiger partial charge in [0.1, 0.15) is 0 Å². The van der Waals surface area contributed by atoms with Crippen molar-refractivity contribution in [2.45, 2.75) is 23.5 Å². The number of aryl methyl sites for hydroxylation is 1. The summed E-state index contributed by atoms with van der Waals surface area (Å²) in [6, 6.07) is 20.0. The summed E-state index contributed by atoms with van der Waals surface area (Å²) >= 11 is 1.29. The molecule has 1 saturated heterocycles. The molecule has 1 atom stereocenters. The molecule has 3 aromatic rings. The van der Waals surface area contributed by atoms with E-state index in [2.05, 4.69) is 5.32 Å². The molecule has 0 bridgehead atoms. The highest BCUT2D eigenvalue weighted by atomic mass is 32.2. The minimum absolute atomic E-state index is 0.0645. The van der Waals surface area contributed by atoms with Crippen LogP contribution >= 0.6 is 11.8 Å². The Kier molecular flexibility index (Phi) is 6.28. The van der Waals surface area contributed by atoms with Crippen molar-refractivity contribution in [2.75, 3.05) is 10.2 Å². The molecule has 0 spiro atoms. The molecule has 1 aliphatic heterocycles. The average molecular weight is 461 g/mol. The fourth-order valence-electron chi connectivity index (χ4n) is 3.51. The van der Waals surface area contributed by atoms with Crippen LogP contribution in [0, 0.1) is 6.92 Å². The lowest BCUT2D eigenvalue weighted by Crippen LogP contribution is -2.31. The van der Waals surface area contributed by atoms with E-state index < -0.39 is 17.1 Å². The molecule has 2 N–H and O–H groups in total. The number of carbonyl (C=O) groups excluding carboxylic acids is 3. The van der Waals surface area contributed by atoms with Gasteiger partial charge in [-0.05, 0) is 55.5 Å². The van der Waals surface area contributed by atoms with E-state index in [1.165, 1.54) is 28.8 Å². The standard InChI is InChI=1S/C25H20N2O5S/c1-15-6-10-17(11-7-15)27-22(28)14-21(24(27)30)33-18-12-8-16(9-13-18)26-23(29)19-4-2-3-5-20(19)25(31)32/h2-13,21H,14H2,1H3,(H,26,29)(H,31,32). The van der Waals surface area contributed by atoms with Crippen LogP contribution in [0.1, 0.15) is 32.7 Å². The molecule has 1 heterocycles. The van der Waals surface area contributed by atoms with Crippen molar-refractivity contribution in [1.29, 1.82) is 0 Å². The van der Waals surface area contributed by atoms with Gasteiger partial charge in [0.05, 0.1) is 22.1 Å². The van der Waals surface area contributed by atoms with Crippen LogP contribution in [-0.2, 0) is 9.59 Å². The molecule has 3 aromatic carbocycles. The minimum atomic E-state index is -1.18. The van der Waals surface area contributed by atoms with E-state index >= 15 is 0 Å². The third-order valence-corrected chi connectivity index (χ3v) is 6.39. The van der Waals surface area contributed by atoms with Gasteiger partial charge in [0.15, 0.2) is 0 Å². The van der Waals surface area contributed by atoms with Crippen molar-refractivity contribution in [1.82, 2.24) is 0 Å². The topological polar surface area (TPSA) is 104 Å². The van der Waals surface area contributed by atoms with E-state index in [0.717, 1.165) is 10.5 Å². The Hall–Kier alpha value is -3.91. The fraction of sp³-hybridized carbons (Fsp3) is 0.120. The zero-order valence-electron chi connectivity index (χ0n) is 17.6. The zero-order chi connectivity index (χ0) is 23.5. The van der Waals surface area contributed by atoms with Crippen molar-refractivity contribution in [2.24, 2.45) is 0 Å². The Bertz CT molecular complexity index is 1240. The predicted molar refractivity (Wildman–Crippen MR) is 126 cm³/mol. The minimum Gasteiger partial charge on any atom is -0.478 e. The van der Waals surface area contributed by atoms with Crippen LogP contribution < -0.4 is 10.2 Å². The van der Waals surface area contributed by atoms with E-state index in [0.29, 0.717) is 11.4 Å². The number of carboxylic acid groups (broad SMARTS) is 1. The maximum Gasteiger partial charge on any atom is 0.336 e. The first-order valence-electron chi connectivity index (χ1n) is 10.2. The van der Waals surface area contributed by atoms with Crippen molar-refractivity contribution >= 4 is 46.8 Å². The molecule has 1 aliphatic rings. The van der Waals surface area contributed by atoms with Crippen molar-refractivity contribution in [3.8, 4) is 0 Å². The first-order chi connectivity index (χ1) is 15.8. The summed E-state index contributed by atoms with van der Waals surface area (Å²) in [6.45, 7) is 1.94. The Labute approximate surface area is 194 Å². The molecule has 0 saturated carbocycles. The molecule has 0 aromatic heterocycles. The van der Waals surface area contributed by atoms with Gasteiger partial charge in [0.25, 0.3) is 5.91 Å². The maximum atomic E-state index is 12.8. The van der Waals surface area contributed by atoms with E-state index in [-0.39, 0.29) is 29.4 Å². The summed E-state index contributed by atoms with van der Waals surface area (Å²) in [5.41, 5.74) is 2.08. The van der Waals surface area contributed by atoms with E-state index in [9.17, 15) is 24.3 Å². The number of nitrogens with one attached hydrogen (secondary N) is 1. The Morgan fingerprint density at radius 3 is 2.21 bits per heavy atom. The second-order valence-corrected chi connectivity index (χ2v) is 8.82. The molecule has 1 fully saturated rings. The molecule has 166 valence electrons. The van der Waals surface area contributed by atoms with Gasteiger partial charge < -0.3 is 10.4 Å². The van der Waals surface area contributed by atoms with Crippen LogP contribution in [0.15, 0.2) is 77.7 Å². The lowest BCUT2D eigenvalue weighted by Gasteiger charge is -2.15. The lowest BCUT2D eigenvalue weighted by atomic mass is 10.1. The summed E-state index contributed by atoms with van der Waals surface area (Å²) < 4.78 is 0. The van der Waals surface area contributed by atoms with Gasteiger partial charge in [-0.25, -0.2) is 9.69 Å². The average Bonchev–Trinajstić information content (AvgIpc) is 3.08. The summed E-state index contributed by atoms with van der Waals surface area (Å²) in [6.07, 6.45) is 0.113. The van der Waals surface area contributed by atoms with Crippen LogP contribution in [0.3, 0.4) is 0 Å². The Morgan fingerprint density at radius 1 is 0.939 bits per heavy atom. The lowest BCUT2D eigenvalue weighted by molar-refractivity contribution is -0.121. The normalized spacial score (nSPS) is 15.5. The summed E-state index contributed by atoms with van der Waals surface area (Å²) in [5, 5.41) is 11.4. The number of nitrogens with zero attached hydrogens (tertiary/aromatic N) is 1. The number of carboxylic acids is 1. The van der Waals surface area contributed by atoms with E-state index in [1.54, 1.807) is 48.5 Å². The van der Waals surface area contributed by atoms with Gasteiger partial charge in [-0.1, -0.05) is 29.8 Å². The van der Waals surface area contributed by atoms with Gasteiger partial charge in [0, 0.05) is 17.0 Å². The highest BCUT2D eigenvalue weighted by Gasteiger charge is 2.40. The number of rotatable bonds is 6. The van der Waals surface area contributed by atoms with E-state index in [4.69, 9.17) is 0 Å². The second-order valence-electron chi connectivity index (χ2n) is 7.54. The second kappa shape index (κ2) is 9.30. The number of anilines is 2. The van der Waals surface area contributed by atoms with Gasteiger partial charge in [0.2, 0.25) is 11.8 Å². The third-order valence-electron chi connectivity index (χ3n) is 5.19. The Balaban J connectivity index is 1.42. The largest absolute Gasteiger partial charge is 0.478 e. The molecule has 33 heavy (non-hydrogen) atoms. The number of benzene rings is 3. The number of hydrogen-bond acceptors (Lipinski definition) is 5. The Morgan fingerprint density at radius 2 is 1.58 bits per heavy atom. The first-order valence-corrected chi connectivity index (χ1v) is 11.1. The molecule has 3 amide bonds. The maximum absolute atomic E-state index is 12.8. The summed E-state index contributed by atoms with van der Waals surface area (Å²) in [7, 11) is 0. The quantitative estimate of drug-likeness (QED) is 0.530. The SMILES string of the molecule is Cc1ccc(N2C(=O)CC(Sc3ccc(NC(=O)c4ccccc4C(=O)O)cc3)C2=O)cc1. The van der Waals surface area contributed by atoms with Crippen molar-refractivity contribution in [3.05, 3.63) is 89.5 Å². The number of carbonyl (C=O) groups is 4. The van der Waals surface area contributed by atoms with Gasteiger partial charge >= 0.3 is 5.97 Å². The molecule has 7 nitrogen and oxygen atoms in total. The van der Waals surface area contributed by atoms with Gasteiger partial charge in [-0.2, -0.15) is 0 Å². The number of amides is 3. The summed E-state index contributed by atoms with van der Waals surface area (Å²) in [5.74, 6) is -2.19. The number of imide groups is 1. The molecule has 4 rings (SSSR count). The van der Waals surface area contributed by atoms with Crippen molar-refractivity contribution in [3.63, 3.8) is 0 Å². The van der Waals surface area contributed by atoms with Crippen LogP contribution in [0.5, 0.6) is 0 Å². The van der Waals surface area contributed by atoms with Crippen molar-refractivity contribution < 1.29 is 24.3 Å².